The van der Waals surface area contributed by atoms with Crippen molar-refractivity contribution < 1.29 is 27.8 Å². The summed E-state index contributed by atoms with van der Waals surface area (Å²) in [6, 6.07) is 9.48. The first-order valence-corrected chi connectivity index (χ1v) is 22.1. The van der Waals surface area contributed by atoms with Gasteiger partial charge in [-0.3, -0.25) is 4.90 Å². The SMILES string of the molecule is CC(C)[Si](C#Cc1c(F)ccc2cc(O)cc(-c3ccc4c(N5CCOC6(CNC6)C5)nc(OC[C@@]56CCCN5C[C@H](F)C6)nc4c3F)c12)(C(C)C)C(C)C. The van der Waals surface area contributed by atoms with Crippen LogP contribution in [-0.2, 0) is 4.74 Å². The van der Waals surface area contributed by atoms with Crippen LogP contribution in [0.25, 0.3) is 32.8 Å². The zero-order valence-corrected chi connectivity index (χ0v) is 33.7. The fourth-order valence-electron chi connectivity index (χ4n) is 10.3. The molecule has 8 rings (SSSR count). The molecule has 1 spiro atoms. The van der Waals surface area contributed by atoms with Gasteiger partial charge in [-0.15, -0.1) is 5.54 Å². The number of nitrogens with zero attached hydrogens (tertiary/aromatic N) is 4. The van der Waals surface area contributed by atoms with E-state index in [4.69, 9.17) is 19.4 Å². The van der Waals surface area contributed by atoms with Gasteiger partial charge >= 0.3 is 6.01 Å². The average Bonchev–Trinajstić information content (AvgIpc) is 3.66. The number of aromatic hydroxyl groups is 1. The van der Waals surface area contributed by atoms with Crippen molar-refractivity contribution in [3.8, 4) is 34.4 Å². The highest BCUT2D eigenvalue weighted by atomic mass is 28.3. The fourth-order valence-corrected chi connectivity index (χ4v) is 15.5. The Balaban J connectivity index is 1.29. The lowest BCUT2D eigenvalue weighted by molar-refractivity contribution is -0.0883. The summed E-state index contributed by atoms with van der Waals surface area (Å²) in [6.07, 6.45) is 1.23. The number of aromatic nitrogens is 2. The summed E-state index contributed by atoms with van der Waals surface area (Å²) < 4.78 is 60.7. The Kier molecular flexibility index (Phi) is 9.84. The number of benzene rings is 3. The van der Waals surface area contributed by atoms with Gasteiger partial charge in [-0.05, 0) is 71.2 Å². The lowest BCUT2D eigenvalue weighted by atomic mass is 9.92. The number of halogens is 3. The molecule has 55 heavy (non-hydrogen) atoms. The Morgan fingerprint density at radius 3 is 2.49 bits per heavy atom. The van der Waals surface area contributed by atoms with E-state index in [1.165, 1.54) is 12.1 Å². The monoisotopic (exact) mass is 771 g/mol. The minimum atomic E-state index is -2.27. The number of nitrogens with one attached hydrogen (secondary N) is 1. The molecule has 0 unspecified atom stereocenters. The van der Waals surface area contributed by atoms with Crippen LogP contribution in [0.1, 0.15) is 66.4 Å². The number of phenolic OH excluding ortho intramolecular Hbond substituents is 1. The summed E-state index contributed by atoms with van der Waals surface area (Å²) in [5.41, 5.74) is 4.54. The minimum absolute atomic E-state index is 0.0186. The number of alkyl halides is 1. The van der Waals surface area contributed by atoms with Gasteiger partial charge in [-0.25, -0.2) is 13.2 Å². The first-order valence-electron chi connectivity index (χ1n) is 19.9. The summed E-state index contributed by atoms with van der Waals surface area (Å²) in [5.74, 6) is 2.62. The largest absolute Gasteiger partial charge is 0.508 e. The lowest BCUT2D eigenvalue weighted by Crippen LogP contribution is -2.69. The Hall–Kier alpha value is -3.89. The second kappa shape index (κ2) is 14.2. The predicted molar refractivity (Wildman–Crippen MR) is 214 cm³/mol. The molecule has 5 heterocycles. The molecule has 0 amide bonds. The lowest BCUT2D eigenvalue weighted by Gasteiger charge is -2.49. The summed E-state index contributed by atoms with van der Waals surface area (Å²) in [7, 11) is -2.27. The Morgan fingerprint density at radius 1 is 1.02 bits per heavy atom. The van der Waals surface area contributed by atoms with Crippen molar-refractivity contribution in [2.24, 2.45) is 0 Å². The van der Waals surface area contributed by atoms with E-state index in [2.05, 4.69) is 68.1 Å². The van der Waals surface area contributed by atoms with Gasteiger partial charge in [0.25, 0.3) is 0 Å². The van der Waals surface area contributed by atoms with E-state index >= 15 is 8.78 Å². The molecule has 4 saturated heterocycles. The predicted octanol–water partition coefficient (Wildman–Crippen LogP) is 8.14. The molecule has 4 aromatic rings. The summed E-state index contributed by atoms with van der Waals surface area (Å²) >= 11 is 0. The fraction of sp³-hybridized carbons (Fsp3) is 0.535. The van der Waals surface area contributed by atoms with Crippen molar-refractivity contribution >= 4 is 35.6 Å². The average molecular weight is 772 g/mol. The molecule has 3 aromatic carbocycles. The van der Waals surface area contributed by atoms with E-state index in [1.807, 2.05) is 0 Å². The van der Waals surface area contributed by atoms with Crippen molar-refractivity contribution in [2.75, 3.05) is 57.4 Å². The van der Waals surface area contributed by atoms with Crippen LogP contribution in [-0.4, -0.2) is 97.8 Å². The zero-order valence-electron chi connectivity index (χ0n) is 32.7. The van der Waals surface area contributed by atoms with Gasteiger partial charge in [-0.2, -0.15) is 9.97 Å². The van der Waals surface area contributed by atoms with Gasteiger partial charge < -0.3 is 24.8 Å². The van der Waals surface area contributed by atoms with Crippen LogP contribution in [0.15, 0.2) is 36.4 Å². The van der Waals surface area contributed by atoms with Crippen LogP contribution >= 0.6 is 0 Å². The molecule has 292 valence electrons. The van der Waals surface area contributed by atoms with Gasteiger partial charge in [0.15, 0.2) is 5.82 Å². The molecule has 0 radical (unpaired) electrons. The Labute approximate surface area is 322 Å². The summed E-state index contributed by atoms with van der Waals surface area (Å²) in [6.45, 7) is 17.6. The molecule has 0 saturated carbocycles. The van der Waals surface area contributed by atoms with Gasteiger partial charge in [0, 0.05) is 48.9 Å². The molecule has 4 fully saturated rings. The van der Waals surface area contributed by atoms with Crippen molar-refractivity contribution in [3.05, 3.63) is 53.6 Å². The Morgan fingerprint density at radius 2 is 1.78 bits per heavy atom. The number of hydrogen-bond donors (Lipinski definition) is 2. The van der Waals surface area contributed by atoms with E-state index < -0.39 is 31.4 Å². The van der Waals surface area contributed by atoms with Gasteiger partial charge in [0.2, 0.25) is 0 Å². The normalized spacial score (nSPS) is 22.5. The van der Waals surface area contributed by atoms with Crippen LogP contribution in [0.3, 0.4) is 0 Å². The summed E-state index contributed by atoms with van der Waals surface area (Å²) in [5, 5.41) is 15.8. The molecular weight excluding hydrogens is 720 g/mol. The third-order valence-electron chi connectivity index (χ3n) is 13.1. The van der Waals surface area contributed by atoms with Gasteiger partial charge in [-0.1, -0.05) is 59.6 Å². The molecule has 0 aliphatic carbocycles. The Bertz CT molecular complexity index is 2180. The first kappa shape index (κ1) is 38.0. The number of rotatable bonds is 8. The number of fused-ring (bicyclic) bond motifs is 3. The molecule has 0 bridgehead atoms. The number of phenols is 1. The molecule has 4 aliphatic rings. The van der Waals surface area contributed by atoms with E-state index in [0.29, 0.717) is 89.9 Å². The van der Waals surface area contributed by atoms with Crippen LogP contribution < -0.4 is 15.0 Å². The topological polar surface area (TPSA) is 83.0 Å². The number of hydrogen-bond acceptors (Lipinski definition) is 8. The van der Waals surface area contributed by atoms with Crippen molar-refractivity contribution in [1.82, 2.24) is 20.2 Å². The van der Waals surface area contributed by atoms with Gasteiger partial charge in [0.05, 0.1) is 24.3 Å². The summed E-state index contributed by atoms with van der Waals surface area (Å²) in [4.78, 5) is 13.9. The first-order chi connectivity index (χ1) is 26.3. The second-order valence-corrected chi connectivity index (χ2v) is 22.8. The molecule has 2 atom stereocenters. The van der Waals surface area contributed by atoms with Crippen molar-refractivity contribution in [3.63, 3.8) is 0 Å². The molecule has 2 N–H and O–H groups in total. The maximum Gasteiger partial charge on any atom is 0.319 e. The van der Waals surface area contributed by atoms with Crippen molar-refractivity contribution in [2.45, 2.75) is 94.7 Å². The standard InChI is InChI=1S/C43H52F3N5O3Si/c1-26(2)55(27(3)4,28(5)6)17-12-33-36(45)11-8-29-18-31(52)19-35(37(29)33)32-9-10-34-39(38(32)46)48-41(53-25-42-13-7-14-51(42)21-30(44)20-42)49-40(34)50-15-16-54-43(24-50)22-47-23-43/h8-11,18-19,26-28,30,47,52H,7,13-16,20-25H2,1-6H3/t30-,42+/m1/s1. The molecule has 1 aromatic heterocycles. The van der Waals surface area contributed by atoms with Crippen LogP contribution in [0.4, 0.5) is 19.0 Å². The zero-order chi connectivity index (χ0) is 38.9. The van der Waals surface area contributed by atoms with Gasteiger partial charge in [0.1, 0.15) is 49.4 Å². The highest BCUT2D eigenvalue weighted by Gasteiger charge is 2.50. The number of morpholine rings is 1. The molecule has 12 heteroatoms. The maximum atomic E-state index is 17.4. The molecular formula is C43H52F3N5O3Si. The molecule has 8 nitrogen and oxygen atoms in total. The highest BCUT2D eigenvalue weighted by molar-refractivity contribution is 6.90. The second-order valence-electron chi connectivity index (χ2n) is 17.2. The van der Waals surface area contributed by atoms with E-state index in [1.54, 1.807) is 24.3 Å². The third kappa shape index (κ3) is 6.45. The number of anilines is 1. The quantitative estimate of drug-likeness (QED) is 0.137. The van der Waals surface area contributed by atoms with Crippen molar-refractivity contribution in [1.29, 1.82) is 0 Å². The van der Waals surface area contributed by atoms with E-state index in [9.17, 15) is 9.50 Å². The van der Waals surface area contributed by atoms with Crippen LogP contribution in [0, 0.1) is 23.1 Å². The molecule has 4 aliphatic heterocycles. The van der Waals surface area contributed by atoms with E-state index in [0.717, 1.165) is 19.4 Å². The minimum Gasteiger partial charge on any atom is -0.508 e. The van der Waals surface area contributed by atoms with E-state index in [-0.39, 0.29) is 40.6 Å². The third-order valence-corrected chi connectivity index (χ3v) is 19.3. The van der Waals surface area contributed by atoms with Crippen LogP contribution in [0.2, 0.25) is 16.6 Å². The smallest absolute Gasteiger partial charge is 0.319 e. The van der Waals surface area contributed by atoms with Crippen LogP contribution in [0.5, 0.6) is 11.8 Å². The highest BCUT2D eigenvalue weighted by Crippen LogP contribution is 2.44. The maximum absolute atomic E-state index is 17.4. The number of ether oxygens (including phenoxy) is 2.